The summed E-state index contributed by atoms with van der Waals surface area (Å²) in [6, 6.07) is 0.668. The molecule has 3 heteroatoms. The monoisotopic (exact) mass is 226 g/mol. The number of hydrogen-bond donors (Lipinski definition) is 1. The molecule has 2 nitrogen and oxygen atoms in total. The molecule has 86 valence electrons. The maximum absolute atomic E-state index is 4.75. The number of hydrogen-bond acceptors (Lipinski definition) is 2. The summed E-state index contributed by atoms with van der Waals surface area (Å²) in [6.07, 6.45) is 6.59. The van der Waals surface area contributed by atoms with Gasteiger partial charge in [0.15, 0.2) is 5.17 Å². The first-order valence-electron chi connectivity index (χ1n) is 6.22. The van der Waals surface area contributed by atoms with Crippen molar-refractivity contribution in [2.75, 3.05) is 12.3 Å². The van der Waals surface area contributed by atoms with E-state index < -0.39 is 0 Å². The van der Waals surface area contributed by atoms with Crippen LogP contribution >= 0.6 is 11.8 Å². The lowest BCUT2D eigenvalue weighted by atomic mass is 10.1. The highest BCUT2D eigenvalue weighted by molar-refractivity contribution is 8.13. The van der Waals surface area contributed by atoms with Gasteiger partial charge in [-0.25, -0.2) is 0 Å². The van der Waals surface area contributed by atoms with Gasteiger partial charge in [-0.15, -0.1) is 0 Å². The van der Waals surface area contributed by atoms with Gasteiger partial charge in [0.2, 0.25) is 0 Å². The van der Waals surface area contributed by atoms with Gasteiger partial charge in [0, 0.05) is 18.3 Å². The molecule has 0 spiro atoms. The normalized spacial score (nSPS) is 31.3. The van der Waals surface area contributed by atoms with Crippen LogP contribution in [0.25, 0.3) is 0 Å². The summed E-state index contributed by atoms with van der Waals surface area (Å²) in [5.41, 5.74) is 0.592. The highest BCUT2D eigenvalue weighted by atomic mass is 32.2. The van der Waals surface area contributed by atoms with Crippen LogP contribution in [0.1, 0.15) is 46.0 Å². The third-order valence-corrected chi connectivity index (χ3v) is 4.75. The van der Waals surface area contributed by atoms with Gasteiger partial charge in [0.1, 0.15) is 0 Å². The molecule has 1 atom stereocenters. The highest BCUT2D eigenvalue weighted by Crippen LogP contribution is 2.48. The number of amidine groups is 1. The van der Waals surface area contributed by atoms with Gasteiger partial charge < -0.3 is 5.32 Å². The second kappa shape index (κ2) is 4.77. The Morgan fingerprint density at radius 2 is 2.27 bits per heavy atom. The topological polar surface area (TPSA) is 24.4 Å². The van der Waals surface area contributed by atoms with Crippen molar-refractivity contribution in [1.29, 1.82) is 0 Å². The Morgan fingerprint density at radius 1 is 1.47 bits per heavy atom. The molecule has 2 rings (SSSR count). The van der Waals surface area contributed by atoms with Crippen LogP contribution in [0, 0.1) is 5.41 Å². The summed E-state index contributed by atoms with van der Waals surface area (Å²) in [5, 5.41) is 4.74. The largest absolute Gasteiger partial charge is 0.362 e. The van der Waals surface area contributed by atoms with Crippen LogP contribution in [0.2, 0.25) is 0 Å². The average Bonchev–Trinajstić information content (AvgIpc) is 3.07. The van der Waals surface area contributed by atoms with Gasteiger partial charge in [-0.05, 0) is 37.5 Å². The van der Waals surface area contributed by atoms with Crippen LogP contribution in [-0.4, -0.2) is 23.5 Å². The molecule has 1 unspecified atom stereocenters. The predicted molar refractivity (Wildman–Crippen MR) is 68.5 cm³/mol. The SMILES string of the molecule is CCC1CCSC(=NCC2(CC)CC2)N1. The van der Waals surface area contributed by atoms with E-state index in [4.69, 9.17) is 4.99 Å². The molecule has 1 aliphatic heterocycles. The fourth-order valence-corrected chi connectivity index (χ4v) is 3.03. The van der Waals surface area contributed by atoms with Crippen molar-refractivity contribution < 1.29 is 0 Å². The highest BCUT2D eigenvalue weighted by Gasteiger charge is 2.40. The van der Waals surface area contributed by atoms with Crippen LogP contribution < -0.4 is 5.32 Å². The lowest BCUT2D eigenvalue weighted by molar-refractivity contribution is 0.503. The minimum absolute atomic E-state index is 0.592. The lowest BCUT2D eigenvalue weighted by Gasteiger charge is -2.24. The van der Waals surface area contributed by atoms with Gasteiger partial charge in [-0.3, -0.25) is 4.99 Å². The maximum Gasteiger partial charge on any atom is 0.156 e. The summed E-state index contributed by atoms with van der Waals surface area (Å²) in [4.78, 5) is 4.75. The number of aliphatic imine (C=N–C) groups is 1. The van der Waals surface area contributed by atoms with E-state index in [2.05, 4.69) is 19.2 Å². The smallest absolute Gasteiger partial charge is 0.156 e. The number of rotatable bonds is 4. The lowest BCUT2D eigenvalue weighted by Crippen LogP contribution is -2.37. The van der Waals surface area contributed by atoms with Crippen molar-refractivity contribution in [3.8, 4) is 0 Å². The number of nitrogens with zero attached hydrogens (tertiary/aromatic N) is 1. The zero-order valence-corrected chi connectivity index (χ0v) is 10.7. The molecule has 0 aromatic heterocycles. The van der Waals surface area contributed by atoms with E-state index in [1.807, 2.05) is 11.8 Å². The fraction of sp³-hybridized carbons (Fsp3) is 0.917. The molecule has 1 saturated heterocycles. The van der Waals surface area contributed by atoms with E-state index in [-0.39, 0.29) is 0 Å². The van der Waals surface area contributed by atoms with E-state index in [9.17, 15) is 0 Å². The van der Waals surface area contributed by atoms with Crippen molar-refractivity contribution in [3.05, 3.63) is 0 Å². The molecule has 0 radical (unpaired) electrons. The Morgan fingerprint density at radius 3 is 2.87 bits per heavy atom. The van der Waals surface area contributed by atoms with Crippen LogP contribution in [0.15, 0.2) is 4.99 Å². The standard InChI is InChI=1S/C12H22N2S/c1-3-10-5-8-15-11(14-10)13-9-12(4-2)6-7-12/h10H,3-9H2,1-2H3,(H,13,14). The molecule has 15 heavy (non-hydrogen) atoms. The third-order valence-electron chi connectivity index (χ3n) is 3.79. The van der Waals surface area contributed by atoms with Gasteiger partial charge in [-0.2, -0.15) is 0 Å². The molecule has 1 aliphatic carbocycles. The molecule has 2 aliphatic rings. The number of nitrogens with one attached hydrogen (secondary N) is 1. The van der Waals surface area contributed by atoms with E-state index >= 15 is 0 Å². The van der Waals surface area contributed by atoms with Crippen LogP contribution in [-0.2, 0) is 0 Å². The predicted octanol–water partition coefficient (Wildman–Crippen LogP) is 3.04. The second-order valence-corrected chi connectivity index (χ2v) is 5.95. The first-order chi connectivity index (χ1) is 7.28. The molecule has 0 aromatic carbocycles. The Hall–Kier alpha value is -0.180. The van der Waals surface area contributed by atoms with E-state index in [0.29, 0.717) is 11.5 Å². The first kappa shape index (κ1) is 11.3. The molecule has 1 N–H and O–H groups in total. The van der Waals surface area contributed by atoms with E-state index in [1.165, 1.54) is 43.0 Å². The van der Waals surface area contributed by atoms with Crippen molar-refractivity contribution >= 4 is 16.9 Å². The van der Waals surface area contributed by atoms with Crippen molar-refractivity contribution in [2.24, 2.45) is 10.4 Å². The van der Waals surface area contributed by atoms with Crippen LogP contribution in [0.4, 0.5) is 0 Å². The second-order valence-electron chi connectivity index (χ2n) is 4.86. The van der Waals surface area contributed by atoms with Crippen LogP contribution in [0.3, 0.4) is 0 Å². The third kappa shape index (κ3) is 2.90. The quantitative estimate of drug-likeness (QED) is 0.797. The van der Waals surface area contributed by atoms with Crippen molar-refractivity contribution in [2.45, 2.75) is 52.0 Å². The maximum atomic E-state index is 4.75. The summed E-state index contributed by atoms with van der Waals surface area (Å²) in [6.45, 7) is 5.60. The van der Waals surface area contributed by atoms with E-state index in [0.717, 1.165) is 6.54 Å². The molecule has 1 saturated carbocycles. The van der Waals surface area contributed by atoms with Crippen molar-refractivity contribution in [3.63, 3.8) is 0 Å². The van der Waals surface area contributed by atoms with Gasteiger partial charge in [0.25, 0.3) is 0 Å². The van der Waals surface area contributed by atoms with Gasteiger partial charge >= 0.3 is 0 Å². The Labute approximate surface area is 97.3 Å². The average molecular weight is 226 g/mol. The van der Waals surface area contributed by atoms with Gasteiger partial charge in [0.05, 0.1) is 0 Å². The zero-order valence-electron chi connectivity index (χ0n) is 9.88. The molecule has 0 bridgehead atoms. The Kier molecular flexibility index (Phi) is 3.60. The molecule has 2 fully saturated rings. The zero-order chi connectivity index (χ0) is 10.7. The summed E-state index contributed by atoms with van der Waals surface area (Å²) < 4.78 is 0. The summed E-state index contributed by atoms with van der Waals surface area (Å²) >= 11 is 1.90. The Balaban J connectivity index is 1.84. The molecular weight excluding hydrogens is 204 g/mol. The molecule has 1 heterocycles. The minimum Gasteiger partial charge on any atom is -0.362 e. The van der Waals surface area contributed by atoms with Crippen LogP contribution in [0.5, 0.6) is 0 Å². The Bertz CT molecular complexity index is 246. The van der Waals surface area contributed by atoms with Crippen molar-refractivity contribution in [1.82, 2.24) is 5.32 Å². The molecular formula is C12H22N2S. The molecule has 0 aromatic rings. The first-order valence-corrected chi connectivity index (χ1v) is 7.20. The summed E-state index contributed by atoms with van der Waals surface area (Å²) in [7, 11) is 0. The summed E-state index contributed by atoms with van der Waals surface area (Å²) in [5.74, 6) is 1.24. The number of thioether (sulfide) groups is 1. The van der Waals surface area contributed by atoms with Gasteiger partial charge in [-0.1, -0.05) is 25.6 Å². The van der Waals surface area contributed by atoms with E-state index in [1.54, 1.807) is 0 Å². The molecule has 0 amide bonds. The minimum atomic E-state index is 0.592. The fourth-order valence-electron chi connectivity index (χ4n) is 2.02.